The summed E-state index contributed by atoms with van der Waals surface area (Å²) in [7, 11) is 1.67. The van der Waals surface area contributed by atoms with Crippen LogP contribution in [0.3, 0.4) is 0 Å². The molecule has 2 aromatic rings. The summed E-state index contributed by atoms with van der Waals surface area (Å²) in [4.78, 5) is 0. The first-order valence-electron chi connectivity index (χ1n) is 7.01. The van der Waals surface area contributed by atoms with Crippen LogP contribution in [0.25, 0.3) is 0 Å². The van der Waals surface area contributed by atoms with E-state index in [2.05, 4.69) is 6.92 Å². The zero-order valence-electron chi connectivity index (χ0n) is 12.5. The molecule has 0 atom stereocenters. The average Bonchev–Trinajstić information content (AvgIpc) is 2.49. The van der Waals surface area contributed by atoms with E-state index in [1.54, 1.807) is 7.11 Å². The Balaban J connectivity index is 2.17. The summed E-state index contributed by atoms with van der Waals surface area (Å²) in [6.07, 6.45) is 0.934. The van der Waals surface area contributed by atoms with E-state index in [-0.39, 0.29) is 0 Å². The molecule has 0 heterocycles. The van der Waals surface area contributed by atoms with Gasteiger partial charge in [0.25, 0.3) is 0 Å². The van der Waals surface area contributed by atoms with Gasteiger partial charge in [-0.15, -0.1) is 0 Å². The summed E-state index contributed by atoms with van der Waals surface area (Å²) in [6, 6.07) is 13.3. The smallest absolute Gasteiger partial charge is 0.154 e. The Kier molecular flexibility index (Phi) is 5.46. The molecule has 0 aliphatic carbocycles. The maximum Gasteiger partial charge on any atom is 0.154 e. The van der Waals surface area contributed by atoms with Crippen LogP contribution in [0.5, 0.6) is 17.2 Å². The summed E-state index contributed by atoms with van der Waals surface area (Å²) in [6.45, 7) is 3.24. The molecule has 2 aromatic carbocycles. The van der Waals surface area contributed by atoms with Crippen molar-refractivity contribution in [3.63, 3.8) is 0 Å². The highest BCUT2D eigenvalue weighted by Crippen LogP contribution is 2.34. The van der Waals surface area contributed by atoms with Crippen molar-refractivity contribution in [1.29, 1.82) is 0 Å². The molecule has 21 heavy (non-hydrogen) atoms. The van der Waals surface area contributed by atoms with Gasteiger partial charge >= 0.3 is 0 Å². The van der Waals surface area contributed by atoms with Crippen molar-refractivity contribution >= 4 is 5.69 Å². The second-order valence-corrected chi connectivity index (χ2v) is 4.70. The molecule has 0 aliphatic rings. The highest BCUT2D eigenvalue weighted by Gasteiger charge is 2.08. The Morgan fingerprint density at radius 1 is 1.05 bits per heavy atom. The number of benzene rings is 2. The third kappa shape index (κ3) is 4.13. The van der Waals surface area contributed by atoms with Gasteiger partial charge in [0.05, 0.1) is 13.2 Å². The number of methoxy groups -OCH3 is 1. The highest BCUT2D eigenvalue weighted by molar-refractivity contribution is 5.63. The molecule has 0 spiro atoms. The van der Waals surface area contributed by atoms with Crippen LogP contribution in [0.15, 0.2) is 42.5 Å². The van der Waals surface area contributed by atoms with E-state index in [4.69, 9.17) is 19.9 Å². The fourth-order valence-corrected chi connectivity index (χ4v) is 1.94. The van der Waals surface area contributed by atoms with Gasteiger partial charge in [-0.25, -0.2) is 0 Å². The van der Waals surface area contributed by atoms with Crippen LogP contribution >= 0.6 is 0 Å². The van der Waals surface area contributed by atoms with Gasteiger partial charge in [0.1, 0.15) is 17.2 Å². The molecular formula is C17H21NO3. The third-order valence-corrected chi connectivity index (χ3v) is 2.93. The van der Waals surface area contributed by atoms with Crippen LogP contribution in [-0.2, 0) is 11.3 Å². The van der Waals surface area contributed by atoms with E-state index < -0.39 is 0 Å². The molecule has 2 N–H and O–H groups in total. The normalized spacial score (nSPS) is 10.4. The molecule has 0 amide bonds. The maximum absolute atomic E-state index is 6.09. The van der Waals surface area contributed by atoms with Crippen LogP contribution < -0.4 is 15.2 Å². The zero-order valence-corrected chi connectivity index (χ0v) is 12.5. The van der Waals surface area contributed by atoms with Crippen molar-refractivity contribution in [2.75, 3.05) is 19.5 Å². The molecule has 0 saturated heterocycles. The zero-order chi connectivity index (χ0) is 15.1. The quantitative estimate of drug-likeness (QED) is 0.782. The van der Waals surface area contributed by atoms with Crippen LogP contribution in [0, 0.1) is 0 Å². The molecule has 2 rings (SSSR count). The first-order valence-corrected chi connectivity index (χ1v) is 7.01. The molecule has 0 bridgehead atoms. The number of nitrogens with two attached hydrogens (primary N) is 1. The number of anilines is 1. The summed E-state index contributed by atoms with van der Waals surface area (Å²) in [5, 5.41) is 0. The predicted octanol–water partition coefficient (Wildman–Crippen LogP) is 4.00. The molecule has 0 fully saturated rings. The van der Waals surface area contributed by atoms with Crippen molar-refractivity contribution < 1.29 is 14.2 Å². The van der Waals surface area contributed by atoms with Crippen LogP contribution in [0.4, 0.5) is 5.69 Å². The lowest BCUT2D eigenvalue weighted by atomic mass is 10.2. The Bertz CT molecular complexity index is 584. The largest absolute Gasteiger partial charge is 0.491 e. The Labute approximate surface area is 125 Å². The fraction of sp³-hybridized carbons (Fsp3) is 0.294. The summed E-state index contributed by atoms with van der Waals surface area (Å²) in [5.74, 6) is 1.98. The molecule has 0 aliphatic heterocycles. The number of rotatable bonds is 7. The van der Waals surface area contributed by atoms with Crippen molar-refractivity contribution in [3.8, 4) is 17.2 Å². The van der Waals surface area contributed by atoms with Crippen molar-refractivity contribution in [2.24, 2.45) is 0 Å². The first kappa shape index (κ1) is 15.2. The lowest BCUT2D eigenvalue weighted by Gasteiger charge is -2.13. The Hall–Kier alpha value is -2.20. The van der Waals surface area contributed by atoms with Gasteiger partial charge in [-0.2, -0.15) is 0 Å². The molecule has 0 saturated carbocycles. The van der Waals surface area contributed by atoms with Gasteiger partial charge in [-0.3, -0.25) is 0 Å². The minimum atomic E-state index is 0.517. The first-order chi connectivity index (χ1) is 10.2. The summed E-state index contributed by atoms with van der Waals surface area (Å²) in [5.41, 5.74) is 7.66. The van der Waals surface area contributed by atoms with Crippen LogP contribution in [0.2, 0.25) is 0 Å². The van der Waals surface area contributed by atoms with Crippen molar-refractivity contribution in [3.05, 3.63) is 48.0 Å². The van der Waals surface area contributed by atoms with Crippen molar-refractivity contribution in [2.45, 2.75) is 20.0 Å². The highest BCUT2D eigenvalue weighted by atomic mass is 16.5. The SMILES string of the molecule is CCCOc1cccc(Oc2cccc(COC)c2)c1N. The fourth-order valence-electron chi connectivity index (χ4n) is 1.94. The second-order valence-electron chi connectivity index (χ2n) is 4.70. The molecule has 4 heteroatoms. The molecule has 0 radical (unpaired) electrons. The molecule has 112 valence electrons. The van der Waals surface area contributed by atoms with E-state index in [1.165, 1.54) is 0 Å². The average molecular weight is 287 g/mol. The maximum atomic E-state index is 6.09. The number of hydrogen-bond donors (Lipinski definition) is 1. The number of ether oxygens (including phenoxy) is 3. The number of nitrogen functional groups attached to an aromatic ring is 1. The van der Waals surface area contributed by atoms with Gasteiger partial charge in [-0.1, -0.05) is 25.1 Å². The number of hydrogen-bond acceptors (Lipinski definition) is 4. The molecule has 0 aromatic heterocycles. The Morgan fingerprint density at radius 3 is 2.57 bits per heavy atom. The minimum absolute atomic E-state index is 0.517. The van der Waals surface area contributed by atoms with E-state index in [0.29, 0.717) is 30.4 Å². The van der Waals surface area contributed by atoms with Crippen LogP contribution in [0.1, 0.15) is 18.9 Å². The number of para-hydroxylation sites is 1. The minimum Gasteiger partial charge on any atom is -0.491 e. The van der Waals surface area contributed by atoms with E-state index in [0.717, 1.165) is 17.7 Å². The lowest BCUT2D eigenvalue weighted by molar-refractivity contribution is 0.184. The standard InChI is InChI=1S/C17H21NO3/c1-3-10-20-15-8-5-9-16(17(15)18)21-14-7-4-6-13(11-14)12-19-2/h4-9,11H,3,10,12,18H2,1-2H3. The van der Waals surface area contributed by atoms with E-state index >= 15 is 0 Å². The molecule has 0 unspecified atom stereocenters. The van der Waals surface area contributed by atoms with E-state index in [9.17, 15) is 0 Å². The van der Waals surface area contributed by atoms with Gasteiger partial charge in [0, 0.05) is 7.11 Å². The molecule has 4 nitrogen and oxygen atoms in total. The van der Waals surface area contributed by atoms with Gasteiger partial charge in [-0.05, 0) is 36.2 Å². The topological polar surface area (TPSA) is 53.7 Å². The summed E-state index contributed by atoms with van der Waals surface area (Å²) >= 11 is 0. The van der Waals surface area contributed by atoms with Gasteiger partial charge in [0.2, 0.25) is 0 Å². The lowest BCUT2D eigenvalue weighted by Crippen LogP contribution is -2.00. The third-order valence-electron chi connectivity index (χ3n) is 2.93. The Morgan fingerprint density at radius 2 is 1.81 bits per heavy atom. The van der Waals surface area contributed by atoms with Gasteiger partial charge in [0.15, 0.2) is 5.75 Å². The van der Waals surface area contributed by atoms with Crippen LogP contribution in [-0.4, -0.2) is 13.7 Å². The van der Waals surface area contributed by atoms with Crippen molar-refractivity contribution in [1.82, 2.24) is 0 Å². The van der Waals surface area contributed by atoms with Gasteiger partial charge < -0.3 is 19.9 Å². The summed E-state index contributed by atoms with van der Waals surface area (Å²) < 4.78 is 16.6. The van der Waals surface area contributed by atoms with E-state index in [1.807, 2.05) is 42.5 Å². The monoisotopic (exact) mass is 287 g/mol. The second kappa shape index (κ2) is 7.55. The predicted molar refractivity (Wildman–Crippen MR) is 83.9 cm³/mol. The molecular weight excluding hydrogens is 266 g/mol.